The summed E-state index contributed by atoms with van der Waals surface area (Å²) in [5.41, 5.74) is 0.916. The third-order valence-corrected chi connectivity index (χ3v) is 3.75. The highest BCUT2D eigenvalue weighted by atomic mass is 79.9. The van der Waals surface area contributed by atoms with E-state index in [2.05, 4.69) is 15.9 Å². The second kappa shape index (κ2) is 7.10. The predicted octanol–water partition coefficient (Wildman–Crippen LogP) is 4.06. The van der Waals surface area contributed by atoms with Crippen LogP contribution in [0.3, 0.4) is 0 Å². The van der Waals surface area contributed by atoms with Gasteiger partial charge in [0.15, 0.2) is 11.6 Å². The van der Waals surface area contributed by atoms with Crippen LogP contribution in [0.2, 0.25) is 0 Å². The van der Waals surface area contributed by atoms with Crippen molar-refractivity contribution in [3.63, 3.8) is 0 Å². The van der Waals surface area contributed by atoms with Crippen molar-refractivity contribution in [3.8, 4) is 5.75 Å². The maximum Gasteiger partial charge on any atom is 0.165 e. The summed E-state index contributed by atoms with van der Waals surface area (Å²) in [5.74, 6) is 0.0520. The maximum atomic E-state index is 13.6. The monoisotopic (exact) mass is 316 g/mol. The van der Waals surface area contributed by atoms with Crippen LogP contribution in [-0.4, -0.2) is 19.3 Å². The SMILES string of the molecule is Fc1cc(CBr)ccc1OCCCC1CCCO1. The molecule has 0 aliphatic carbocycles. The highest BCUT2D eigenvalue weighted by Crippen LogP contribution is 2.21. The number of rotatable bonds is 6. The summed E-state index contributed by atoms with van der Waals surface area (Å²) >= 11 is 3.30. The van der Waals surface area contributed by atoms with E-state index in [-0.39, 0.29) is 5.82 Å². The largest absolute Gasteiger partial charge is 0.491 e. The summed E-state index contributed by atoms with van der Waals surface area (Å²) in [5, 5.41) is 0.656. The van der Waals surface area contributed by atoms with Crippen LogP contribution >= 0.6 is 15.9 Å². The molecular weight excluding hydrogens is 299 g/mol. The first kappa shape index (κ1) is 13.8. The van der Waals surface area contributed by atoms with E-state index in [1.807, 2.05) is 6.07 Å². The number of halogens is 2. The highest BCUT2D eigenvalue weighted by Gasteiger charge is 2.14. The molecule has 18 heavy (non-hydrogen) atoms. The Kier molecular flexibility index (Phi) is 5.45. The number of hydrogen-bond donors (Lipinski definition) is 0. The van der Waals surface area contributed by atoms with E-state index >= 15 is 0 Å². The van der Waals surface area contributed by atoms with Crippen molar-refractivity contribution in [2.45, 2.75) is 37.1 Å². The Bertz CT molecular complexity index is 378. The van der Waals surface area contributed by atoms with Crippen molar-refractivity contribution in [2.24, 2.45) is 0 Å². The number of ether oxygens (including phenoxy) is 2. The van der Waals surface area contributed by atoms with Gasteiger partial charge in [0, 0.05) is 11.9 Å². The summed E-state index contributed by atoms with van der Waals surface area (Å²) in [6, 6.07) is 5.06. The number of benzene rings is 1. The molecule has 2 rings (SSSR count). The van der Waals surface area contributed by atoms with Gasteiger partial charge in [-0.05, 0) is 43.4 Å². The fourth-order valence-electron chi connectivity index (χ4n) is 2.11. The van der Waals surface area contributed by atoms with Gasteiger partial charge in [-0.3, -0.25) is 0 Å². The molecule has 1 heterocycles. The fraction of sp³-hybridized carbons (Fsp3) is 0.571. The third kappa shape index (κ3) is 3.95. The van der Waals surface area contributed by atoms with E-state index in [1.54, 1.807) is 6.07 Å². The minimum absolute atomic E-state index is 0.288. The molecule has 100 valence electrons. The van der Waals surface area contributed by atoms with E-state index in [0.717, 1.165) is 37.9 Å². The van der Waals surface area contributed by atoms with Crippen LogP contribution < -0.4 is 4.74 Å². The van der Waals surface area contributed by atoms with Crippen LogP contribution in [0.25, 0.3) is 0 Å². The first-order valence-electron chi connectivity index (χ1n) is 6.38. The average molecular weight is 317 g/mol. The normalized spacial score (nSPS) is 19.1. The van der Waals surface area contributed by atoms with Gasteiger partial charge in [0.2, 0.25) is 0 Å². The van der Waals surface area contributed by atoms with Gasteiger partial charge in [0.1, 0.15) is 0 Å². The quantitative estimate of drug-likeness (QED) is 0.582. The average Bonchev–Trinajstić information content (AvgIpc) is 2.89. The molecule has 1 aromatic carbocycles. The van der Waals surface area contributed by atoms with Gasteiger partial charge in [0.25, 0.3) is 0 Å². The topological polar surface area (TPSA) is 18.5 Å². The Morgan fingerprint density at radius 1 is 1.44 bits per heavy atom. The number of alkyl halides is 1. The van der Waals surface area contributed by atoms with Crippen molar-refractivity contribution in [1.29, 1.82) is 0 Å². The summed E-state index contributed by atoms with van der Waals surface area (Å²) in [6.45, 7) is 1.43. The molecule has 1 saturated heterocycles. The zero-order chi connectivity index (χ0) is 12.8. The summed E-state index contributed by atoms with van der Waals surface area (Å²) in [7, 11) is 0. The van der Waals surface area contributed by atoms with Crippen molar-refractivity contribution in [1.82, 2.24) is 0 Å². The van der Waals surface area contributed by atoms with E-state index in [9.17, 15) is 4.39 Å². The Morgan fingerprint density at radius 2 is 2.33 bits per heavy atom. The second-order valence-corrected chi connectivity index (χ2v) is 5.08. The Morgan fingerprint density at radius 3 is 3.00 bits per heavy atom. The van der Waals surface area contributed by atoms with Gasteiger partial charge in [-0.25, -0.2) is 4.39 Å². The Balaban J connectivity index is 1.72. The maximum absolute atomic E-state index is 13.6. The molecule has 2 nitrogen and oxygen atoms in total. The predicted molar refractivity (Wildman–Crippen MR) is 72.7 cm³/mol. The van der Waals surface area contributed by atoms with Crippen LogP contribution in [0.4, 0.5) is 4.39 Å². The van der Waals surface area contributed by atoms with E-state index in [4.69, 9.17) is 9.47 Å². The molecule has 1 atom stereocenters. The summed E-state index contributed by atoms with van der Waals surface area (Å²) in [4.78, 5) is 0. The van der Waals surface area contributed by atoms with Crippen LogP contribution in [-0.2, 0) is 10.1 Å². The van der Waals surface area contributed by atoms with Crippen molar-refractivity contribution < 1.29 is 13.9 Å². The van der Waals surface area contributed by atoms with Gasteiger partial charge in [-0.2, -0.15) is 0 Å². The lowest BCUT2D eigenvalue weighted by Crippen LogP contribution is -2.08. The van der Waals surface area contributed by atoms with Crippen LogP contribution in [0.15, 0.2) is 18.2 Å². The fourth-order valence-corrected chi connectivity index (χ4v) is 2.46. The van der Waals surface area contributed by atoms with Crippen molar-refractivity contribution in [2.75, 3.05) is 13.2 Å². The van der Waals surface area contributed by atoms with E-state index < -0.39 is 0 Å². The van der Waals surface area contributed by atoms with Crippen molar-refractivity contribution in [3.05, 3.63) is 29.6 Å². The molecule has 0 aromatic heterocycles. The van der Waals surface area contributed by atoms with Gasteiger partial charge in [-0.15, -0.1) is 0 Å². The second-order valence-electron chi connectivity index (χ2n) is 4.52. The van der Waals surface area contributed by atoms with Crippen LogP contribution in [0.5, 0.6) is 5.75 Å². The molecule has 4 heteroatoms. The first-order chi connectivity index (χ1) is 8.79. The molecular formula is C14H18BrFO2. The van der Waals surface area contributed by atoms with Crippen LogP contribution in [0.1, 0.15) is 31.2 Å². The standard InChI is InChI=1S/C14H18BrFO2/c15-10-11-5-6-14(13(16)9-11)18-8-2-4-12-3-1-7-17-12/h5-6,9,12H,1-4,7-8,10H2. The van der Waals surface area contributed by atoms with Gasteiger partial charge < -0.3 is 9.47 Å². The highest BCUT2D eigenvalue weighted by molar-refractivity contribution is 9.08. The molecule has 0 amide bonds. The Labute approximate surface area is 116 Å². The molecule has 1 unspecified atom stereocenters. The minimum atomic E-state index is -0.288. The minimum Gasteiger partial charge on any atom is -0.491 e. The Hall–Kier alpha value is -0.610. The van der Waals surface area contributed by atoms with E-state index in [1.165, 1.54) is 6.07 Å². The molecule has 1 fully saturated rings. The molecule has 0 spiro atoms. The van der Waals surface area contributed by atoms with Gasteiger partial charge in [-0.1, -0.05) is 22.0 Å². The molecule has 1 aliphatic rings. The molecule has 0 N–H and O–H groups in total. The first-order valence-corrected chi connectivity index (χ1v) is 7.50. The van der Waals surface area contributed by atoms with Crippen LogP contribution in [0, 0.1) is 5.82 Å². The lowest BCUT2D eigenvalue weighted by Gasteiger charge is -2.10. The molecule has 1 aliphatic heterocycles. The molecule has 1 aromatic rings. The lowest BCUT2D eigenvalue weighted by atomic mass is 10.1. The zero-order valence-electron chi connectivity index (χ0n) is 10.3. The van der Waals surface area contributed by atoms with Crippen molar-refractivity contribution >= 4 is 15.9 Å². The molecule has 0 saturated carbocycles. The van der Waals surface area contributed by atoms with Gasteiger partial charge >= 0.3 is 0 Å². The zero-order valence-corrected chi connectivity index (χ0v) is 11.9. The number of hydrogen-bond acceptors (Lipinski definition) is 2. The smallest absolute Gasteiger partial charge is 0.165 e. The van der Waals surface area contributed by atoms with E-state index in [0.29, 0.717) is 23.8 Å². The molecule has 0 radical (unpaired) electrons. The third-order valence-electron chi connectivity index (χ3n) is 3.10. The lowest BCUT2D eigenvalue weighted by molar-refractivity contribution is 0.0979. The molecule has 0 bridgehead atoms. The van der Waals surface area contributed by atoms with Gasteiger partial charge in [0.05, 0.1) is 12.7 Å². The summed E-state index contributed by atoms with van der Waals surface area (Å²) in [6.07, 6.45) is 4.60. The summed E-state index contributed by atoms with van der Waals surface area (Å²) < 4.78 is 24.6.